The number of hydrogen-bond donors (Lipinski definition) is 2. The number of nitrogens with two attached hydrogens (primary N) is 1. The van der Waals surface area contributed by atoms with Crippen molar-refractivity contribution in [1.82, 2.24) is 0 Å². The van der Waals surface area contributed by atoms with E-state index >= 15 is 0 Å². The van der Waals surface area contributed by atoms with Crippen molar-refractivity contribution in [2.24, 2.45) is 5.73 Å². The maximum Gasteiger partial charge on any atom is 0.0585 e. The highest BCUT2D eigenvalue weighted by atomic mass is 16.3. The van der Waals surface area contributed by atoms with Gasteiger partial charge in [0.15, 0.2) is 0 Å². The first kappa shape index (κ1) is 18.7. The molecule has 0 bridgehead atoms. The Kier molecular flexibility index (Phi) is 15.4. The summed E-state index contributed by atoms with van der Waals surface area (Å²) >= 11 is 0. The molecule has 0 saturated heterocycles. The second-order valence-corrected chi connectivity index (χ2v) is 5.62. The van der Waals surface area contributed by atoms with E-state index in [-0.39, 0.29) is 12.6 Å². The van der Waals surface area contributed by atoms with Crippen LogP contribution in [0.3, 0.4) is 0 Å². The van der Waals surface area contributed by atoms with Gasteiger partial charge in [0, 0.05) is 6.04 Å². The maximum atomic E-state index is 8.77. The van der Waals surface area contributed by atoms with Crippen LogP contribution in [-0.4, -0.2) is 17.8 Å². The van der Waals surface area contributed by atoms with E-state index < -0.39 is 0 Å². The fourth-order valence-corrected chi connectivity index (χ4v) is 2.21. The van der Waals surface area contributed by atoms with E-state index in [2.05, 4.69) is 19.1 Å². The Labute approximate surface area is 120 Å². The number of rotatable bonds is 14. The van der Waals surface area contributed by atoms with Crippen molar-refractivity contribution in [1.29, 1.82) is 0 Å². The van der Waals surface area contributed by atoms with Gasteiger partial charge in [-0.15, -0.1) is 0 Å². The average molecular weight is 269 g/mol. The molecule has 0 aromatic heterocycles. The molecule has 1 atom stereocenters. The zero-order chi connectivity index (χ0) is 14.2. The molecule has 0 heterocycles. The Balaban J connectivity index is 3.06. The van der Waals surface area contributed by atoms with Gasteiger partial charge in [-0.2, -0.15) is 0 Å². The molecule has 0 amide bonds. The Hall–Kier alpha value is -0.340. The van der Waals surface area contributed by atoms with Crippen LogP contribution in [0.2, 0.25) is 0 Å². The minimum absolute atomic E-state index is 0.0797. The fourth-order valence-electron chi connectivity index (χ4n) is 2.21. The summed E-state index contributed by atoms with van der Waals surface area (Å²) in [5.41, 5.74) is 5.61. The second kappa shape index (κ2) is 15.7. The van der Waals surface area contributed by atoms with Crippen molar-refractivity contribution in [2.45, 2.75) is 90.0 Å². The fraction of sp³-hybridized carbons (Fsp3) is 0.882. The molecule has 0 aliphatic heterocycles. The van der Waals surface area contributed by atoms with Crippen molar-refractivity contribution < 1.29 is 5.11 Å². The van der Waals surface area contributed by atoms with Crippen molar-refractivity contribution in [3.63, 3.8) is 0 Å². The van der Waals surface area contributed by atoms with E-state index in [4.69, 9.17) is 10.8 Å². The Morgan fingerprint density at radius 3 is 1.89 bits per heavy atom. The minimum Gasteiger partial charge on any atom is -0.395 e. The van der Waals surface area contributed by atoms with Crippen LogP contribution in [0.4, 0.5) is 0 Å². The van der Waals surface area contributed by atoms with Crippen LogP contribution in [-0.2, 0) is 0 Å². The molecule has 0 fully saturated rings. The number of unbranched alkanes of at least 4 members (excludes halogenated alkanes) is 10. The summed E-state index contributed by atoms with van der Waals surface area (Å²) in [6.45, 7) is 2.36. The molecule has 0 rings (SSSR count). The molecule has 0 spiro atoms. The molecular weight excluding hydrogens is 234 g/mol. The van der Waals surface area contributed by atoms with Crippen LogP contribution < -0.4 is 5.73 Å². The molecule has 19 heavy (non-hydrogen) atoms. The molecule has 0 saturated carbocycles. The number of allylic oxidation sites excluding steroid dienone is 1. The van der Waals surface area contributed by atoms with Gasteiger partial charge in [0.25, 0.3) is 0 Å². The van der Waals surface area contributed by atoms with Gasteiger partial charge < -0.3 is 10.8 Å². The number of aliphatic hydroxyl groups is 1. The number of hydrogen-bond acceptors (Lipinski definition) is 2. The molecule has 0 aliphatic rings. The smallest absolute Gasteiger partial charge is 0.0585 e. The standard InChI is InChI=1S/C17H35NO/c1-2-3-4-5-6-7-8-9-10-11-12-13-14-15-17(18)16-19/h13-14,17,19H,2-12,15-16,18H2,1H3/b14-13+/t17-/m1/s1. The van der Waals surface area contributed by atoms with E-state index in [9.17, 15) is 0 Å². The van der Waals surface area contributed by atoms with Crippen LogP contribution in [0.25, 0.3) is 0 Å². The third-order valence-corrected chi connectivity index (χ3v) is 3.56. The summed E-state index contributed by atoms with van der Waals surface area (Å²) in [5, 5.41) is 8.77. The summed E-state index contributed by atoms with van der Waals surface area (Å²) in [6.07, 6.45) is 20.2. The molecule has 2 heteroatoms. The first-order valence-corrected chi connectivity index (χ1v) is 8.32. The molecule has 0 radical (unpaired) electrons. The Morgan fingerprint density at radius 2 is 1.37 bits per heavy atom. The van der Waals surface area contributed by atoms with Crippen LogP contribution in [0.1, 0.15) is 84.0 Å². The first-order valence-electron chi connectivity index (χ1n) is 8.32. The van der Waals surface area contributed by atoms with Gasteiger partial charge >= 0.3 is 0 Å². The predicted molar refractivity (Wildman–Crippen MR) is 85.3 cm³/mol. The van der Waals surface area contributed by atoms with Crippen molar-refractivity contribution >= 4 is 0 Å². The lowest BCUT2D eigenvalue weighted by atomic mass is 10.1. The van der Waals surface area contributed by atoms with Gasteiger partial charge in [-0.25, -0.2) is 0 Å². The largest absolute Gasteiger partial charge is 0.395 e. The summed E-state index contributed by atoms with van der Waals surface area (Å²) < 4.78 is 0. The quantitative estimate of drug-likeness (QED) is 0.358. The van der Waals surface area contributed by atoms with Crippen molar-refractivity contribution in [3.05, 3.63) is 12.2 Å². The topological polar surface area (TPSA) is 46.2 Å². The van der Waals surface area contributed by atoms with Crippen molar-refractivity contribution in [2.75, 3.05) is 6.61 Å². The van der Waals surface area contributed by atoms with Crippen molar-refractivity contribution in [3.8, 4) is 0 Å². The van der Waals surface area contributed by atoms with Crippen LogP contribution in [0.5, 0.6) is 0 Å². The molecule has 114 valence electrons. The third-order valence-electron chi connectivity index (χ3n) is 3.56. The molecule has 2 nitrogen and oxygen atoms in total. The molecule has 0 aromatic carbocycles. The van der Waals surface area contributed by atoms with Crippen LogP contribution in [0.15, 0.2) is 12.2 Å². The lowest BCUT2D eigenvalue weighted by molar-refractivity contribution is 0.266. The predicted octanol–water partition coefficient (Wildman–Crippen LogP) is 4.56. The van der Waals surface area contributed by atoms with Gasteiger partial charge in [-0.1, -0.05) is 76.9 Å². The third kappa shape index (κ3) is 15.6. The summed E-state index contributed by atoms with van der Waals surface area (Å²) in [6, 6.07) is -0.0797. The lowest BCUT2D eigenvalue weighted by Gasteiger charge is -2.02. The zero-order valence-corrected chi connectivity index (χ0v) is 12.9. The van der Waals surface area contributed by atoms with Gasteiger partial charge in [0.1, 0.15) is 0 Å². The Bertz CT molecular complexity index is 192. The molecule has 0 unspecified atom stereocenters. The highest BCUT2D eigenvalue weighted by Gasteiger charge is 1.95. The lowest BCUT2D eigenvalue weighted by Crippen LogP contribution is -2.22. The summed E-state index contributed by atoms with van der Waals surface area (Å²) in [4.78, 5) is 0. The Morgan fingerprint density at radius 1 is 0.842 bits per heavy atom. The van der Waals surface area contributed by atoms with E-state index in [1.807, 2.05) is 0 Å². The first-order chi connectivity index (χ1) is 9.31. The normalized spacial score (nSPS) is 13.2. The second-order valence-electron chi connectivity index (χ2n) is 5.62. The summed E-state index contributed by atoms with van der Waals surface area (Å²) in [5.74, 6) is 0. The van der Waals surface area contributed by atoms with Gasteiger partial charge in [-0.3, -0.25) is 0 Å². The highest BCUT2D eigenvalue weighted by Crippen LogP contribution is 2.11. The molecule has 3 N–H and O–H groups in total. The van der Waals surface area contributed by atoms with Crippen LogP contribution >= 0.6 is 0 Å². The number of aliphatic hydroxyl groups excluding tert-OH is 1. The summed E-state index contributed by atoms with van der Waals surface area (Å²) in [7, 11) is 0. The van der Waals surface area contributed by atoms with Gasteiger partial charge in [0.2, 0.25) is 0 Å². The van der Waals surface area contributed by atoms with E-state index in [0.717, 1.165) is 12.8 Å². The molecular formula is C17H35NO. The van der Waals surface area contributed by atoms with Gasteiger partial charge in [0.05, 0.1) is 6.61 Å². The van der Waals surface area contributed by atoms with E-state index in [1.54, 1.807) is 0 Å². The average Bonchev–Trinajstić information content (AvgIpc) is 2.43. The molecule has 0 aromatic rings. The van der Waals surface area contributed by atoms with Gasteiger partial charge in [-0.05, 0) is 19.3 Å². The SMILES string of the molecule is CCCCCCCCCCCC/C=C/C[C@@H](N)CO. The minimum atomic E-state index is -0.0797. The van der Waals surface area contributed by atoms with E-state index in [1.165, 1.54) is 64.2 Å². The van der Waals surface area contributed by atoms with Crippen LogP contribution in [0, 0.1) is 0 Å². The molecule has 0 aliphatic carbocycles. The monoisotopic (exact) mass is 269 g/mol. The zero-order valence-electron chi connectivity index (χ0n) is 12.9. The highest BCUT2D eigenvalue weighted by molar-refractivity contribution is 4.85. The maximum absolute atomic E-state index is 8.77. The van der Waals surface area contributed by atoms with E-state index in [0.29, 0.717) is 0 Å².